The average molecular weight is 281 g/mol. The van der Waals surface area contributed by atoms with Gasteiger partial charge in [-0.15, -0.1) is 0 Å². The van der Waals surface area contributed by atoms with Crippen molar-refractivity contribution in [3.05, 3.63) is 53.5 Å². The Hall–Kier alpha value is -2.82. The third-order valence-electron chi connectivity index (χ3n) is 3.34. The van der Waals surface area contributed by atoms with Crippen LogP contribution in [0.15, 0.2) is 36.4 Å². The topological polar surface area (TPSA) is 69.8 Å². The number of hydrogen-bond acceptors (Lipinski definition) is 4. The van der Waals surface area contributed by atoms with E-state index in [2.05, 4.69) is 4.98 Å². The zero-order valence-electron chi connectivity index (χ0n) is 11.1. The summed E-state index contributed by atoms with van der Waals surface area (Å²) in [6, 6.07) is 8.66. The monoisotopic (exact) mass is 281 g/mol. The Morgan fingerprint density at radius 3 is 2.76 bits per heavy atom. The van der Waals surface area contributed by atoms with Gasteiger partial charge < -0.3 is 15.6 Å². The second-order valence-electron chi connectivity index (χ2n) is 4.58. The van der Waals surface area contributed by atoms with Crippen molar-refractivity contribution in [3.8, 4) is 17.0 Å². The molecule has 0 amide bonds. The standard InChI is InChI=1S/C16H12FN3O/c17-15-4-3-14-13-2-1-10(11(8-19)5-6-18)7-12(13)9-21-16(14)20-15/h1-8,18-19H,9H2/b11-5+,18-6?,19-8?. The van der Waals surface area contributed by atoms with E-state index in [4.69, 9.17) is 15.6 Å². The minimum Gasteiger partial charge on any atom is -0.472 e. The van der Waals surface area contributed by atoms with Crippen molar-refractivity contribution in [2.24, 2.45) is 0 Å². The van der Waals surface area contributed by atoms with Crippen molar-refractivity contribution in [1.82, 2.24) is 4.98 Å². The van der Waals surface area contributed by atoms with Gasteiger partial charge in [-0.05, 0) is 41.0 Å². The van der Waals surface area contributed by atoms with Crippen LogP contribution in [-0.4, -0.2) is 17.4 Å². The number of nitrogens with zero attached hydrogens (tertiary/aromatic N) is 1. The van der Waals surface area contributed by atoms with Gasteiger partial charge in [0.15, 0.2) is 0 Å². The minimum atomic E-state index is -0.561. The molecule has 3 rings (SSSR count). The van der Waals surface area contributed by atoms with Crippen LogP contribution in [0.3, 0.4) is 0 Å². The highest BCUT2D eigenvalue weighted by atomic mass is 19.1. The maximum Gasteiger partial charge on any atom is 0.224 e. The number of hydrogen-bond donors (Lipinski definition) is 2. The Morgan fingerprint density at radius 1 is 1.19 bits per heavy atom. The van der Waals surface area contributed by atoms with Crippen molar-refractivity contribution in [2.75, 3.05) is 0 Å². The largest absolute Gasteiger partial charge is 0.472 e. The highest BCUT2D eigenvalue weighted by Crippen LogP contribution is 2.37. The first-order valence-corrected chi connectivity index (χ1v) is 6.37. The summed E-state index contributed by atoms with van der Waals surface area (Å²) in [5.74, 6) is -0.258. The number of pyridine rings is 1. The highest BCUT2D eigenvalue weighted by molar-refractivity contribution is 6.12. The number of ether oxygens (including phenoxy) is 1. The number of aromatic nitrogens is 1. The third-order valence-corrected chi connectivity index (χ3v) is 3.34. The summed E-state index contributed by atoms with van der Waals surface area (Å²) in [6.07, 6.45) is 3.92. The van der Waals surface area contributed by atoms with Gasteiger partial charge in [-0.3, -0.25) is 0 Å². The van der Waals surface area contributed by atoms with Crippen molar-refractivity contribution >= 4 is 18.0 Å². The molecular formula is C16H12FN3O. The van der Waals surface area contributed by atoms with Crippen LogP contribution in [0.5, 0.6) is 5.88 Å². The predicted octanol–water partition coefficient (Wildman–Crippen LogP) is 3.46. The molecule has 2 aromatic rings. The molecule has 0 saturated carbocycles. The molecule has 2 heterocycles. The summed E-state index contributed by atoms with van der Waals surface area (Å²) < 4.78 is 18.6. The molecule has 0 atom stereocenters. The number of rotatable bonds is 3. The van der Waals surface area contributed by atoms with E-state index >= 15 is 0 Å². The summed E-state index contributed by atoms with van der Waals surface area (Å²) >= 11 is 0. The van der Waals surface area contributed by atoms with Gasteiger partial charge in [0.2, 0.25) is 11.8 Å². The maximum absolute atomic E-state index is 13.1. The van der Waals surface area contributed by atoms with Crippen LogP contribution < -0.4 is 4.74 Å². The van der Waals surface area contributed by atoms with E-state index in [0.29, 0.717) is 18.1 Å². The van der Waals surface area contributed by atoms with Crippen molar-refractivity contribution in [3.63, 3.8) is 0 Å². The molecule has 21 heavy (non-hydrogen) atoms. The molecule has 1 aliphatic heterocycles. The number of benzene rings is 1. The smallest absolute Gasteiger partial charge is 0.224 e. The van der Waals surface area contributed by atoms with E-state index in [1.165, 1.54) is 12.3 Å². The van der Waals surface area contributed by atoms with E-state index < -0.39 is 5.95 Å². The lowest BCUT2D eigenvalue weighted by Gasteiger charge is -2.20. The van der Waals surface area contributed by atoms with Crippen LogP contribution in [0.25, 0.3) is 16.7 Å². The van der Waals surface area contributed by atoms with Crippen LogP contribution in [0, 0.1) is 16.8 Å². The molecule has 0 saturated heterocycles. The number of allylic oxidation sites excluding steroid dienone is 2. The number of nitrogens with one attached hydrogen (secondary N) is 2. The molecule has 0 radical (unpaired) electrons. The van der Waals surface area contributed by atoms with Gasteiger partial charge >= 0.3 is 0 Å². The van der Waals surface area contributed by atoms with Crippen LogP contribution in [0.4, 0.5) is 4.39 Å². The van der Waals surface area contributed by atoms with Gasteiger partial charge in [0.25, 0.3) is 0 Å². The number of halogens is 1. The van der Waals surface area contributed by atoms with Gasteiger partial charge in [0.05, 0.1) is 0 Å². The van der Waals surface area contributed by atoms with E-state index in [1.54, 1.807) is 12.1 Å². The van der Waals surface area contributed by atoms with E-state index in [0.717, 1.165) is 28.5 Å². The lowest BCUT2D eigenvalue weighted by atomic mass is 9.94. The Kier molecular flexibility index (Phi) is 3.31. The molecule has 0 aliphatic carbocycles. The molecule has 104 valence electrons. The second kappa shape index (κ2) is 5.28. The van der Waals surface area contributed by atoms with E-state index in [1.807, 2.05) is 18.2 Å². The molecule has 0 unspecified atom stereocenters. The molecule has 5 heteroatoms. The molecule has 4 nitrogen and oxygen atoms in total. The highest BCUT2D eigenvalue weighted by Gasteiger charge is 2.19. The Bertz CT molecular complexity index is 768. The second-order valence-corrected chi connectivity index (χ2v) is 4.58. The van der Waals surface area contributed by atoms with Gasteiger partial charge in [-0.1, -0.05) is 12.1 Å². The zero-order valence-corrected chi connectivity index (χ0v) is 11.1. The summed E-state index contributed by atoms with van der Waals surface area (Å²) in [4.78, 5) is 3.75. The first kappa shape index (κ1) is 13.2. The minimum absolute atomic E-state index is 0.303. The molecule has 0 spiro atoms. The van der Waals surface area contributed by atoms with E-state index in [9.17, 15) is 4.39 Å². The molecule has 0 fully saturated rings. The normalized spacial score (nSPS) is 12.9. The lowest BCUT2D eigenvalue weighted by molar-refractivity contribution is 0.285. The molecular weight excluding hydrogens is 269 g/mol. The maximum atomic E-state index is 13.1. The van der Waals surface area contributed by atoms with Crippen molar-refractivity contribution in [2.45, 2.75) is 6.61 Å². The van der Waals surface area contributed by atoms with Gasteiger partial charge in [0.1, 0.15) is 6.61 Å². The van der Waals surface area contributed by atoms with Crippen molar-refractivity contribution in [1.29, 1.82) is 10.8 Å². The Balaban J connectivity index is 2.10. The first-order valence-electron chi connectivity index (χ1n) is 6.37. The number of fused-ring (bicyclic) bond motifs is 3. The Labute approximate surface area is 120 Å². The summed E-state index contributed by atoms with van der Waals surface area (Å²) in [6.45, 7) is 0.308. The fourth-order valence-electron chi connectivity index (χ4n) is 2.35. The van der Waals surface area contributed by atoms with Crippen LogP contribution in [-0.2, 0) is 6.61 Å². The lowest BCUT2D eigenvalue weighted by Crippen LogP contribution is -2.08. The van der Waals surface area contributed by atoms with Gasteiger partial charge in [-0.2, -0.15) is 9.37 Å². The van der Waals surface area contributed by atoms with Crippen LogP contribution in [0.1, 0.15) is 11.1 Å². The SMILES string of the molecule is N=C/C=C(\C=N)c1ccc2c(c1)COc1nc(F)ccc1-2. The predicted molar refractivity (Wildman–Crippen MR) is 79.5 cm³/mol. The fraction of sp³-hybridized carbons (Fsp3) is 0.0625. The average Bonchev–Trinajstić information content (AvgIpc) is 2.51. The first-order chi connectivity index (χ1) is 10.2. The summed E-state index contributed by atoms with van der Waals surface area (Å²) in [7, 11) is 0. The summed E-state index contributed by atoms with van der Waals surface area (Å²) in [5, 5.41) is 14.5. The van der Waals surface area contributed by atoms with Crippen LogP contribution in [0.2, 0.25) is 0 Å². The van der Waals surface area contributed by atoms with Crippen molar-refractivity contribution < 1.29 is 9.13 Å². The molecule has 0 bridgehead atoms. The quantitative estimate of drug-likeness (QED) is 0.668. The third kappa shape index (κ3) is 2.33. The van der Waals surface area contributed by atoms with Crippen LogP contribution >= 0.6 is 0 Å². The molecule has 1 aliphatic rings. The Morgan fingerprint density at radius 2 is 2.00 bits per heavy atom. The molecule has 1 aromatic carbocycles. The zero-order chi connectivity index (χ0) is 14.8. The fourth-order valence-corrected chi connectivity index (χ4v) is 2.35. The van der Waals surface area contributed by atoms with Gasteiger partial charge in [0, 0.05) is 23.6 Å². The van der Waals surface area contributed by atoms with E-state index in [-0.39, 0.29) is 0 Å². The molecule has 1 aromatic heterocycles. The van der Waals surface area contributed by atoms with Gasteiger partial charge in [-0.25, -0.2) is 0 Å². The molecule has 2 N–H and O–H groups in total. The summed E-state index contributed by atoms with van der Waals surface area (Å²) in [5.41, 5.74) is 4.15.